The number of phenols is 1. The van der Waals surface area contributed by atoms with Crippen molar-refractivity contribution in [3.05, 3.63) is 58.0 Å². The van der Waals surface area contributed by atoms with E-state index in [4.69, 9.17) is 19.9 Å². The lowest BCUT2D eigenvalue weighted by Crippen LogP contribution is -2.22. The number of carbonyl (C=O) groups is 2. The lowest BCUT2D eigenvalue weighted by atomic mass is 9.85. The molecule has 4 N–H and O–H groups in total. The van der Waals surface area contributed by atoms with E-state index >= 15 is 0 Å². The highest BCUT2D eigenvalue weighted by molar-refractivity contribution is 7.19. The standard InChI is InChI=1S/C23H22N2O6S/c1-29-15-7-5-12(9-17(15)31-3)21(28)22-20(24)19-13(10-18(27)25-23(19)32-22)11-4-6-14(26)16(8-11)30-2/h4-9,13,26H,10,24H2,1-3H3,(H,25,27). The summed E-state index contributed by atoms with van der Waals surface area (Å²) in [4.78, 5) is 26.0. The first kappa shape index (κ1) is 21.5. The minimum absolute atomic E-state index is 0.000607. The van der Waals surface area contributed by atoms with Crippen LogP contribution in [0.2, 0.25) is 0 Å². The highest BCUT2D eigenvalue weighted by Crippen LogP contribution is 2.48. The number of fused-ring (bicyclic) bond motifs is 1. The van der Waals surface area contributed by atoms with Crippen molar-refractivity contribution in [2.75, 3.05) is 32.4 Å². The third-order valence-electron chi connectivity index (χ3n) is 5.43. The van der Waals surface area contributed by atoms with E-state index in [1.807, 2.05) is 0 Å². The van der Waals surface area contributed by atoms with Gasteiger partial charge in [-0.3, -0.25) is 9.59 Å². The number of phenolic OH excluding ortho intramolecular Hbond substituents is 1. The van der Waals surface area contributed by atoms with Crippen molar-refractivity contribution in [1.82, 2.24) is 0 Å². The SMILES string of the molecule is COc1cc(C2CC(=O)Nc3sc(C(=O)c4ccc(OC)c(OC)c4)c(N)c32)ccc1O. The largest absolute Gasteiger partial charge is 0.504 e. The number of hydrogen-bond acceptors (Lipinski definition) is 8. The molecule has 0 bridgehead atoms. The van der Waals surface area contributed by atoms with Crippen molar-refractivity contribution in [3.8, 4) is 23.0 Å². The average Bonchev–Trinajstić information content (AvgIpc) is 3.13. The molecule has 9 heteroatoms. The van der Waals surface area contributed by atoms with Gasteiger partial charge in [0.2, 0.25) is 11.7 Å². The summed E-state index contributed by atoms with van der Waals surface area (Å²) in [5, 5.41) is 13.3. The first-order chi connectivity index (χ1) is 15.4. The number of benzene rings is 2. The summed E-state index contributed by atoms with van der Waals surface area (Å²) in [6.07, 6.45) is 0.159. The minimum Gasteiger partial charge on any atom is -0.504 e. The predicted molar refractivity (Wildman–Crippen MR) is 121 cm³/mol. The highest BCUT2D eigenvalue weighted by atomic mass is 32.1. The van der Waals surface area contributed by atoms with E-state index in [0.29, 0.717) is 43.9 Å². The Labute approximate surface area is 188 Å². The smallest absolute Gasteiger partial charge is 0.225 e. The number of ether oxygens (including phenoxy) is 3. The summed E-state index contributed by atoms with van der Waals surface area (Å²) in [7, 11) is 4.47. The molecule has 1 unspecified atom stereocenters. The van der Waals surface area contributed by atoms with Crippen LogP contribution >= 0.6 is 11.3 Å². The van der Waals surface area contributed by atoms with E-state index in [9.17, 15) is 14.7 Å². The highest BCUT2D eigenvalue weighted by Gasteiger charge is 2.34. The van der Waals surface area contributed by atoms with Gasteiger partial charge in [-0.25, -0.2) is 0 Å². The second-order valence-corrected chi connectivity index (χ2v) is 8.24. The Morgan fingerprint density at radius 1 is 1.06 bits per heavy atom. The van der Waals surface area contributed by atoms with Crippen LogP contribution < -0.4 is 25.3 Å². The van der Waals surface area contributed by atoms with Gasteiger partial charge < -0.3 is 30.4 Å². The first-order valence-electron chi connectivity index (χ1n) is 9.73. The molecule has 32 heavy (non-hydrogen) atoms. The second-order valence-electron chi connectivity index (χ2n) is 7.22. The Morgan fingerprint density at radius 2 is 1.78 bits per heavy atom. The van der Waals surface area contributed by atoms with E-state index in [-0.39, 0.29) is 29.8 Å². The fourth-order valence-electron chi connectivity index (χ4n) is 3.83. The van der Waals surface area contributed by atoms with Crippen molar-refractivity contribution in [2.45, 2.75) is 12.3 Å². The molecule has 0 fully saturated rings. The van der Waals surface area contributed by atoms with Crippen LogP contribution in [-0.2, 0) is 4.79 Å². The molecule has 1 aromatic heterocycles. The van der Waals surface area contributed by atoms with Crippen LogP contribution in [0.1, 0.15) is 38.7 Å². The zero-order chi connectivity index (χ0) is 23.0. The Morgan fingerprint density at radius 3 is 2.47 bits per heavy atom. The van der Waals surface area contributed by atoms with Crippen molar-refractivity contribution in [2.24, 2.45) is 0 Å². The van der Waals surface area contributed by atoms with Gasteiger partial charge in [0, 0.05) is 23.5 Å². The fraction of sp³-hybridized carbons (Fsp3) is 0.217. The molecule has 1 amide bonds. The molecule has 166 valence electrons. The molecule has 1 atom stereocenters. The summed E-state index contributed by atoms with van der Waals surface area (Å²) in [6, 6.07) is 9.80. The van der Waals surface area contributed by atoms with Crippen LogP contribution in [0.15, 0.2) is 36.4 Å². The molecule has 1 aliphatic heterocycles. The summed E-state index contributed by atoms with van der Waals surface area (Å²) < 4.78 is 15.7. The quantitative estimate of drug-likeness (QED) is 0.485. The lowest BCUT2D eigenvalue weighted by Gasteiger charge is -2.24. The molecule has 0 aliphatic carbocycles. The Bertz CT molecular complexity index is 1220. The maximum Gasteiger partial charge on any atom is 0.225 e. The summed E-state index contributed by atoms with van der Waals surface area (Å²) in [5.41, 5.74) is 8.62. The van der Waals surface area contributed by atoms with Gasteiger partial charge in [-0.2, -0.15) is 0 Å². The number of rotatable bonds is 6. The van der Waals surface area contributed by atoms with Gasteiger partial charge in [0.05, 0.1) is 27.0 Å². The van der Waals surface area contributed by atoms with Gasteiger partial charge in [-0.1, -0.05) is 6.07 Å². The van der Waals surface area contributed by atoms with Gasteiger partial charge in [0.15, 0.2) is 23.0 Å². The van der Waals surface area contributed by atoms with E-state index < -0.39 is 0 Å². The third-order valence-corrected chi connectivity index (χ3v) is 6.57. The molecule has 2 aromatic carbocycles. The van der Waals surface area contributed by atoms with Gasteiger partial charge in [0.1, 0.15) is 9.88 Å². The molecule has 1 aliphatic rings. The fourth-order valence-corrected chi connectivity index (χ4v) is 4.99. The van der Waals surface area contributed by atoms with Crippen molar-refractivity contribution in [3.63, 3.8) is 0 Å². The zero-order valence-electron chi connectivity index (χ0n) is 17.7. The molecular formula is C23H22N2O6S. The van der Waals surface area contributed by atoms with Crippen LogP contribution in [0, 0.1) is 0 Å². The van der Waals surface area contributed by atoms with Crippen LogP contribution in [-0.4, -0.2) is 38.1 Å². The zero-order valence-corrected chi connectivity index (χ0v) is 18.5. The molecule has 0 saturated carbocycles. The number of thiophene rings is 1. The second kappa shape index (κ2) is 8.43. The Hall–Kier alpha value is -3.72. The number of nitrogens with one attached hydrogen (secondary N) is 1. The molecule has 2 heterocycles. The average molecular weight is 455 g/mol. The van der Waals surface area contributed by atoms with Gasteiger partial charge in [0.25, 0.3) is 0 Å². The summed E-state index contributed by atoms with van der Waals surface area (Å²) >= 11 is 1.14. The minimum atomic E-state index is -0.378. The molecule has 3 aromatic rings. The van der Waals surface area contributed by atoms with E-state index in [2.05, 4.69) is 5.32 Å². The van der Waals surface area contributed by atoms with Crippen molar-refractivity contribution >= 4 is 33.7 Å². The molecule has 0 radical (unpaired) electrons. The number of anilines is 2. The maximum absolute atomic E-state index is 13.3. The maximum atomic E-state index is 13.3. The molecule has 0 spiro atoms. The monoisotopic (exact) mass is 454 g/mol. The number of carbonyl (C=O) groups excluding carboxylic acids is 2. The first-order valence-corrected chi connectivity index (χ1v) is 10.5. The van der Waals surface area contributed by atoms with Crippen LogP contribution in [0.4, 0.5) is 10.7 Å². The molecule has 8 nitrogen and oxygen atoms in total. The third kappa shape index (κ3) is 3.60. The van der Waals surface area contributed by atoms with Gasteiger partial charge in [-0.15, -0.1) is 11.3 Å². The number of ketones is 1. The van der Waals surface area contributed by atoms with Gasteiger partial charge in [-0.05, 0) is 35.9 Å². The number of methoxy groups -OCH3 is 3. The normalized spacial score (nSPS) is 15.0. The summed E-state index contributed by atoms with van der Waals surface area (Å²) in [5.74, 6) is 0.401. The van der Waals surface area contributed by atoms with Gasteiger partial charge >= 0.3 is 0 Å². The van der Waals surface area contributed by atoms with Crippen molar-refractivity contribution in [1.29, 1.82) is 0 Å². The van der Waals surface area contributed by atoms with Crippen LogP contribution in [0.3, 0.4) is 0 Å². The molecule has 0 saturated heterocycles. The van der Waals surface area contributed by atoms with E-state index in [1.54, 1.807) is 30.3 Å². The van der Waals surface area contributed by atoms with E-state index in [1.165, 1.54) is 27.4 Å². The number of nitrogens with two attached hydrogens (primary N) is 1. The Balaban J connectivity index is 1.78. The number of amides is 1. The molecular weight excluding hydrogens is 432 g/mol. The Kier molecular flexibility index (Phi) is 5.67. The lowest BCUT2D eigenvalue weighted by molar-refractivity contribution is -0.116. The predicted octanol–water partition coefficient (Wildman–Crippen LogP) is 3.77. The molecule has 4 rings (SSSR count). The van der Waals surface area contributed by atoms with Crippen LogP contribution in [0.5, 0.6) is 23.0 Å². The van der Waals surface area contributed by atoms with Crippen LogP contribution in [0.25, 0.3) is 0 Å². The van der Waals surface area contributed by atoms with Crippen molar-refractivity contribution < 1.29 is 28.9 Å². The van der Waals surface area contributed by atoms with E-state index in [0.717, 1.165) is 16.9 Å². The number of aromatic hydroxyl groups is 1. The topological polar surface area (TPSA) is 120 Å². The number of hydrogen-bond donors (Lipinski definition) is 3. The summed E-state index contributed by atoms with van der Waals surface area (Å²) in [6.45, 7) is 0. The number of nitrogen functional groups attached to an aromatic ring is 1.